The number of carbonyl (C=O) groups excluding carboxylic acids is 1. The summed E-state index contributed by atoms with van der Waals surface area (Å²) in [7, 11) is 0. The van der Waals surface area contributed by atoms with E-state index in [1.165, 1.54) is 0 Å². The summed E-state index contributed by atoms with van der Waals surface area (Å²) in [5.41, 5.74) is 5.92. The normalized spacial score (nSPS) is 10.7. The predicted octanol–water partition coefficient (Wildman–Crippen LogP) is 3.77. The third kappa shape index (κ3) is 5.27. The van der Waals surface area contributed by atoms with Crippen molar-refractivity contribution in [1.82, 2.24) is 4.90 Å². The van der Waals surface area contributed by atoms with Crippen LogP contribution in [0.4, 0.5) is 0 Å². The number of rotatable bonds is 6. The van der Waals surface area contributed by atoms with Gasteiger partial charge < -0.3 is 10.6 Å². The van der Waals surface area contributed by atoms with Gasteiger partial charge in [0.15, 0.2) is 0 Å². The summed E-state index contributed by atoms with van der Waals surface area (Å²) in [6.07, 6.45) is 0.492. The molecule has 0 saturated heterocycles. The number of carbonyl (C=O) groups is 1. The highest BCUT2D eigenvalue weighted by Gasteiger charge is 2.19. The van der Waals surface area contributed by atoms with Gasteiger partial charge in [0.05, 0.1) is 15.6 Å². The second kappa shape index (κ2) is 7.81. The Bertz CT molecular complexity index is 506. The second-order valence-electron chi connectivity index (χ2n) is 4.99. The van der Waals surface area contributed by atoms with Crippen molar-refractivity contribution < 1.29 is 4.79 Å². The lowest BCUT2D eigenvalue weighted by Crippen LogP contribution is -2.36. The Hall–Kier alpha value is -0.840. The van der Waals surface area contributed by atoms with Crippen molar-refractivity contribution in [2.24, 2.45) is 11.7 Å². The van der Waals surface area contributed by atoms with Crippen LogP contribution >= 0.6 is 35.4 Å². The second-order valence-corrected chi connectivity index (χ2v) is 6.35. The van der Waals surface area contributed by atoms with Crippen LogP contribution in [0.15, 0.2) is 18.2 Å². The van der Waals surface area contributed by atoms with Gasteiger partial charge in [0.25, 0.3) is 5.91 Å². The molecule has 0 fully saturated rings. The van der Waals surface area contributed by atoms with Gasteiger partial charge in [0.2, 0.25) is 0 Å². The zero-order valence-corrected chi connectivity index (χ0v) is 13.9. The molecule has 0 bridgehead atoms. The lowest BCUT2D eigenvalue weighted by Gasteiger charge is -2.25. The molecule has 1 rings (SSSR count). The first-order valence-corrected chi connectivity index (χ1v) is 7.50. The van der Waals surface area contributed by atoms with Gasteiger partial charge in [-0.15, -0.1) is 0 Å². The average Bonchev–Trinajstić information content (AvgIpc) is 2.36. The molecule has 0 radical (unpaired) electrons. The van der Waals surface area contributed by atoms with E-state index >= 15 is 0 Å². The van der Waals surface area contributed by atoms with Crippen LogP contribution < -0.4 is 5.73 Å². The van der Waals surface area contributed by atoms with Crippen molar-refractivity contribution in [2.45, 2.75) is 20.3 Å². The Morgan fingerprint density at radius 3 is 2.60 bits per heavy atom. The molecule has 6 heteroatoms. The minimum Gasteiger partial charge on any atom is -0.393 e. The molecule has 110 valence electrons. The van der Waals surface area contributed by atoms with E-state index in [0.29, 0.717) is 46.0 Å². The van der Waals surface area contributed by atoms with E-state index in [2.05, 4.69) is 0 Å². The fourth-order valence-electron chi connectivity index (χ4n) is 1.79. The first-order valence-electron chi connectivity index (χ1n) is 6.34. The molecule has 20 heavy (non-hydrogen) atoms. The quantitative estimate of drug-likeness (QED) is 0.806. The Kier molecular flexibility index (Phi) is 6.72. The third-order valence-corrected chi connectivity index (χ3v) is 3.43. The monoisotopic (exact) mass is 332 g/mol. The summed E-state index contributed by atoms with van der Waals surface area (Å²) in [6, 6.07) is 4.86. The standard InChI is InChI=1S/C14H18Cl2N2OS/c1-9(2)8-18(6-5-13(17)20)14(19)11-7-10(15)3-4-12(11)16/h3-4,7,9H,5-6,8H2,1-2H3,(H2,17,20). The molecule has 1 aromatic rings. The smallest absolute Gasteiger partial charge is 0.255 e. The maximum absolute atomic E-state index is 12.6. The lowest BCUT2D eigenvalue weighted by atomic mass is 10.1. The zero-order chi connectivity index (χ0) is 15.3. The molecule has 1 amide bonds. The predicted molar refractivity (Wildman–Crippen MR) is 88.6 cm³/mol. The summed E-state index contributed by atoms with van der Waals surface area (Å²) in [5, 5.41) is 0.875. The first kappa shape index (κ1) is 17.2. The van der Waals surface area contributed by atoms with Crippen LogP contribution in [0.5, 0.6) is 0 Å². The number of hydrogen-bond donors (Lipinski definition) is 1. The van der Waals surface area contributed by atoms with Crippen molar-refractivity contribution in [3.8, 4) is 0 Å². The summed E-state index contributed by atoms with van der Waals surface area (Å²) in [6.45, 7) is 5.18. The van der Waals surface area contributed by atoms with Gasteiger partial charge in [-0.2, -0.15) is 0 Å². The van der Waals surface area contributed by atoms with Crippen LogP contribution in [0.25, 0.3) is 0 Å². The van der Waals surface area contributed by atoms with Crippen LogP contribution in [0.3, 0.4) is 0 Å². The van der Waals surface area contributed by atoms with E-state index in [4.69, 9.17) is 41.2 Å². The lowest BCUT2D eigenvalue weighted by molar-refractivity contribution is 0.0741. The molecular weight excluding hydrogens is 315 g/mol. The molecule has 0 heterocycles. The first-order chi connectivity index (χ1) is 9.31. The van der Waals surface area contributed by atoms with E-state index in [9.17, 15) is 4.79 Å². The fraction of sp³-hybridized carbons (Fsp3) is 0.429. The Morgan fingerprint density at radius 1 is 1.40 bits per heavy atom. The van der Waals surface area contributed by atoms with E-state index in [-0.39, 0.29) is 5.91 Å². The minimum atomic E-state index is -0.151. The SMILES string of the molecule is CC(C)CN(CCC(N)=S)C(=O)c1cc(Cl)ccc1Cl. The summed E-state index contributed by atoms with van der Waals surface area (Å²) < 4.78 is 0. The van der Waals surface area contributed by atoms with Gasteiger partial charge in [-0.05, 0) is 24.1 Å². The fourth-order valence-corrected chi connectivity index (χ4v) is 2.26. The summed E-state index contributed by atoms with van der Waals surface area (Å²) in [4.78, 5) is 14.7. The molecule has 0 aliphatic heterocycles. The number of nitrogens with two attached hydrogens (primary N) is 1. The molecule has 0 atom stereocenters. The number of amides is 1. The maximum Gasteiger partial charge on any atom is 0.255 e. The Balaban J connectivity index is 2.96. The molecule has 0 aliphatic carbocycles. The van der Waals surface area contributed by atoms with Crippen molar-refractivity contribution in [3.05, 3.63) is 33.8 Å². The van der Waals surface area contributed by atoms with Gasteiger partial charge in [-0.1, -0.05) is 49.3 Å². The molecule has 0 aromatic heterocycles. The highest BCUT2D eigenvalue weighted by molar-refractivity contribution is 7.80. The molecule has 0 aliphatic rings. The van der Waals surface area contributed by atoms with Crippen LogP contribution in [-0.2, 0) is 0 Å². The number of hydrogen-bond acceptors (Lipinski definition) is 2. The van der Waals surface area contributed by atoms with E-state index in [0.717, 1.165) is 0 Å². The largest absolute Gasteiger partial charge is 0.393 e. The zero-order valence-electron chi connectivity index (χ0n) is 11.5. The van der Waals surface area contributed by atoms with Gasteiger partial charge in [0, 0.05) is 24.5 Å². The van der Waals surface area contributed by atoms with Crippen LogP contribution in [0, 0.1) is 5.92 Å². The molecule has 1 aromatic carbocycles. The van der Waals surface area contributed by atoms with Crippen LogP contribution in [-0.4, -0.2) is 28.9 Å². The van der Waals surface area contributed by atoms with Crippen molar-refractivity contribution >= 4 is 46.3 Å². The molecule has 2 N–H and O–H groups in total. The van der Waals surface area contributed by atoms with Crippen molar-refractivity contribution in [1.29, 1.82) is 0 Å². The van der Waals surface area contributed by atoms with Crippen LogP contribution in [0.1, 0.15) is 30.6 Å². The molecular formula is C14H18Cl2N2OS. The number of thiocarbonyl (C=S) groups is 1. The summed E-state index contributed by atoms with van der Waals surface area (Å²) in [5.74, 6) is 0.186. The third-order valence-electron chi connectivity index (χ3n) is 2.66. The van der Waals surface area contributed by atoms with Crippen molar-refractivity contribution in [2.75, 3.05) is 13.1 Å². The van der Waals surface area contributed by atoms with E-state index in [1.807, 2.05) is 13.8 Å². The number of nitrogens with zero attached hydrogens (tertiary/aromatic N) is 1. The maximum atomic E-state index is 12.6. The van der Waals surface area contributed by atoms with Crippen molar-refractivity contribution in [3.63, 3.8) is 0 Å². The Labute approximate surface area is 135 Å². The minimum absolute atomic E-state index is 0.151. The van der Waals surface area contributed by atoms with E-state index < -0.39 is 0 Å². The highest BCUT2D eigenvalue weighted by atomic mass is 35.5. The van der Waals surface area contributed by atoms with Gasteiger partial charge in [0.1, 0.15) is 0 Å². The average molecular weight is 333 g/mol. The molecule has 3 nitrogen and oxygen atoms in total. The molecule has 0 unspecified atom stereocenters. The highest BCUT2D eigenvalue weighted by Crippen LogP contribution is 2.22. The molecule has 0 spiro atoms. The van der Waals surface area contributed by atoms with Crippen LogP contribution in [0.2, 0.25) is 10.0 Å². The Morgan fingerprint density at radius 2 is 2.05 bits per heavy atom. The van der Waals surface area contributed by atoms with Gasteiger partial charge in [-0.3, -0.25) is 4.79 Å². The van der Waals surface area contributed by atoms with Gasteiger partial charge in [-0.25, -0.2) is 0 Å². The number of benzene rings is 1. The topological polar surface area (TPSA) is 46.3 Å². The molecule has 0 saturated carbocycles. The summed E-state index contributed by atoms with van der Waals surface area (Å²) >= 11 is 16.9. The van der Waals surface area contributed by atoms with E-state index in [1.54, 1.807) is 23.1 Å². The van der Waals surface area contributed by atoms with Gasteiger partial charge >= 0.3 is 0 Å². The number of halogens is 2.